The highest BCUT2D eigenvalue weighted by atomic mass is 16.7. The minimum absolute atomic E-state index is 0.105. The number of rotatable bonds is 7. The van der Waals surface area contributed by atoms with Crippen molar-refractivity contribution in [3.63, 3.8) is 0 Å². The summed E-state index contributed by atoms with van der Waals surface area (Å²) in [4.78, 5) is 0. The molecular formula is C14H22O2. The summed E-state index contributed by atoms with van der Waals surface area (Å²) in [5, 5.41) is 0. The van der Waals surface area contributed by atoms with Gasteiger partial charge in [-0.05, 0) is 24.8 Å². The van der Waals surface area contributed by atoms with Crippen molar-refractivity contribution in [3.8, 4) is 0 Å². The molecule has 0 aliphatic heterocycles. The maximum absolute atomic E-state index is 5.57. The lowest BCUT2D eigenvalue weighted by Crippen LogP contribution is -2.17. The van der Waals surface area contributed by atoms with Gasteiger partial charge in [0.05, 0.1) is 13.2 Å². The second-order valence-corrected chi connectivity index (χ2v) is 4.40. The molecule has 2 nitrogen and oxygen atoms in total. The SMILES string of the molecule is CC(C)COC(C)OCCc1ccccc1. The molecule has 0 N–H and O–H groups in total. The summed E-state index contributed by atoms with van der Waals surface area (Å²) in [7, 11) is 0. The van der Waals surface area contributed by atoms with Crippen molar-refractivity contribution in [1.82, 2.24) is 0 Å². The van der Waals surface area contributed by atoms with E-state index in [1.807, 2.05) is 25.1 Å². The third kappa shape index (κ3) is 5.89. The third-order valence-electron chi connectivity index (χ3n) is 2.25. The summed E-state index contributed by atoms with van der Waals surface area (Å²) in [6.07, 6.45) is 0.835. The molecule has 0 radical (unpaired) electrons. The van der Waals surface area contributed by atoms with Crippen LogP contribution >= 0.6 is 0 Å². The Labute approximate surface area is 98.6 Å². The summed E-state index contributed by atoms with van der Waals surface area (Å²) in [5.41, 5.74) is 1.30. The van der Waals surface area contributed by atoms with E-state index in [1.165, 1.54) is 5.56 Å². The van der Waals surface area contributed by atoms with Crippen molar-refractivity contribution in [3.05, 3.63) is 35.9 Å². The zero-order valence-electron chi connectivity index (χ0n) is 10.5. The van der Waals surface area contributed by atoms with Crippen LogP contribution in [0.25, 0.3) is 0 Å². The Morgan fingerprint density at radius 3 is 2.31 bits per heavy atom. The number of ether oxygens (including phenoxy) is 2. The van der Waals surface area contributed by atoms with E-state index in [9.17, 15) is 0 Å². The molecule has 0 heterocycles. The largest absolute Gasteiger partial charge is 0.353 e. The second-order valence-electron chi connectivity index (χ2n) is 4.40. The highest BCUT2D eigenvalue weighted by molar-refractivity contribution is 5.14. The molecule has 2 heteroatoms. The van der Waals surface area contributed by atoms with Crippen LogP contribution in [-0.4, -0.2) is 19.5 Å². The van der Waals surface area contributed by atoms with Gasteiger partial charge in [-0.2, -0.15) is 0 Å². The fraction of sp³-hybridized carbons (Fsp3) is 0.571. The summed E-state index contributed by atoms with van der Waals surface area (Å²) in [6.45, 7) is 7.69. The van der Waals surface area contributed by atoms with E-state index in [2.05, 4.69) is 26.0 Å². The van der Waals surface area contributed by atoms with E-state index in [1.54, 1.807) is 0 Å². The molecular weight excluding hydrogens is 200 g/mol. The minimum Gasteiger partial charge on any atom is -0.353 e. The van der Waals surface area contributed by atoms with Gasteiger partial charge in [0.15, 0.2) is 6.29 Å². The first kappa shape index (κ1) is 13.2. The van der Waals surface area contributed by atoms with Crippen molar-refractivity contribution in [2.24, 2.45) is 5.92 Å². The average molecular weight is 222 g/mol. The Bertz CT molecular complexity index is 269. The normalized spacial score (nSPS) is 13.0. The smallest absolute Gasteiger partial charge is 0.154 e. The topological polar surface area (TPSA) is 18.5 Å². The summed E-state index contributed by atoms with van der Waals surface area (Å²) in [5.74, 6) is 0.556. The maximum atomic E-state index is 5.57. The maximum Gasteiger partial charge on any atom is 0.154 e. The van der Waals surface area contributed by atoms with E-state index in [0.717, 1.165) is 13.0 Å². The van der Waals surface area contributed by atoms with Gasteiger partial charge in [0.2, 0.25) is 0 Å². The monoisotopic (exact) mass is 222 g/mol. The molecule has 0 saturated heterocycles. The van der Waals surface area contributed by atoms with Gasteiger partial charge in [-0.15, -0.1) is 0 Å². The molecule has 0 spiro atoms. The minimum atomic E-state index is -0.105. The molecule has 1 rings (SSSR count). The highest BCUT2D eigenvalue weighted by Gasteiger charge is 2.03. The van der Waals surface area contributed by atoms with Gasteiger partial charge in [-0.25, -0.2) is 0 Å². The third-order valence-corrected chi connectivity index (χ3v) is 2.25. The van der Waals surface area contributed by atoms with Gasteiger partial charge in [0, 0.05) is 0 Å². The lowest BCUT2D eigenvalue weighted by molar-refractivity contribution is -0.135. The first-order chi connectivity index (χ1) is 7.68. The lowest BCUT2D eigenvalue weighted by Gasteiger charge is -2.15. The predicted molar refractivity (Wildman–Crippen MR) is 66.4 cm³/mol. The predicted octanol–water partition coefficient (Wildman–Crippen LogP) is 3.26. The quantitative estimate of drug-likeness (QED) is 0.659. The summed E-state index contributed by atoms with van der Waals surface area (Å²) >= 11 is 0. The van der Waals surface area contributed by atoms with E-state index < -0.39 is 0 Å². The molecule has 0 aliphatic rings. The van der Waals surface area contributed by atoms with Crippen LogP contribution in [0.2, 0.25) is 0 Å². The average Bonchev–Trinajstić information content (AvgIpc) is 2.28. The Morgan fingerprint density at radius 1 is 1.00 bits per heavy atom. The first-order valence-electron chi connectivity index (χ1n) is 5.95. The lowest BCUT2D eigenvalue weighted by atomic mass is 10.2. The van der Waals surface area contributed by atoms with Gasteiger partial charge < -0.3 is 9.47 Å². The molecule has 0 bridgehead atoms. The Morgan fingerprint density at radius 2 is 1.69 bits per heavy atom. The molecule has 16 heavy (non-hydrogen) atoms. The number of hydrogen-bond donors (Lipinski definition) is 0. The first-order valence-corrected chi connectivity index (χ1v) is 5.95. The number of hydrogen-bond acceptors (Lipinski definition) is 2. The van der Waals surface area contributed by atoms with E-state index in [0.29, 0.717) is 12.5 Å². The van der Waals surface area contributed by atoms with Crippen LogP contribution in [0.4, 0.5) is 0 Å². The van der Waals surface area contributed by atoms with Crippen molar-refractivity contribution < 1.29 is 9.47 Å². The van der Waals surface area contributed by atoms with Crippen LogP contribution in [0, 0.1) is 5.92 Å². The molecule has 0 saturated carbocycles. The molecule has 0 aromatic heterocycles. The highest BCUT2D eigenvalue weighted by Crippen LogP contribution is 2.03. The van der Waals surface area contributed by atoms with Crippen LogP contribution in [0.3, 0.4) is 0 Å². The molecule has 90 valence electrons. The van der Waals surface area contributed by atoms with Crippen LogP contribution in [0.15, 0.2) is 30.3 Å². The zero-order valence-corrected chi connectivity index (χ0v) is 10.5. The Kier molecular flexibility index (Phi) is 6.12. The van der Waals surface area contributed by atoms with Crippen LogP contribution in [-0.2, 0) is 15.9 Å². The van der Waals surface area contributed by atoms with Gasteiger partial charge in [-0.1, -0.05) is 44.2 Å². The van der Waals surface area contributed by atoms with E-state index in [4.69, 9.17) is 9.47 Å². The molecule has 1 aromatic rings. The van der Waals surface area contributed by atoms with Gasteiger partial charge in [-0.3, -0.25) is 0 Å². The fourth-order valence-electron chi connectivity index (χ4n) is 1.36. The van der Waals surface area contributed by atoms with Crippen molar-refractivity contribution in [2.45, 2.75) is 33.5 Å². The van der Waals surface area contributed by atoms with Crippen molar-refractivity contribution in [2.75, 3.05) is 13.2 Å². The molecule has 1 aromatic carbocycles. The zero-order chi connectivity index (χ0) is 11.8. The van der Waals surface area contributed by atoms with Crippen LogP contribution in [0.5, 0.6) is 0 Å². The molecule has 0 aliphatic carbocycles. The van der Waals surface area contributed by atoms with Gasteiger partial charge in [0.25, 0.3) is 0 Å². The van der Waals surface area contributed by atoms with Crippen LogP contribution in [0.1, 0.15) is 26.3 Å². The molecule has 1 atom stereocenters. The van der Waals surface area contributed by atoms with E-state index >= 15 is 0 Å². The fourth-order valence-corrected chi connectivity index (χ4v) is 1.36. The number of benzene rings is 1. The second kappa shape index (κ2) is 7.42. The summed E-state index contributed by atoms with van der Waals surface area (Å²) in [6, 6.07) is 10.4. The molecule has 0 amide bonds. The Hall–Kier alpha value is -0.860. The van der Waals surface area contributed by atoms with Crippen molar-refractivity contribution >= 4 is 0 Å². The molecule has 1 unspecified atom stereocenters. The van der Waals surface area contributed by atoms with Crippen LogP contribution < -0.4 is 0 Å². The Balaban J connectivity index is 2.11. The van der Waals surface area contributed by atoms with Crippen molar-refractivity contribution in [1.29, 1.82) is 0 Å². The standard InChI is InChI=1S/C14H22O2/c1-12(2)11-16-13(3)15-10-9-14-7-5-4-6-8-14/h4-8,12-13H,9-11H2,1-3H3. The summed E-state index contributed by atoms with van der Waals surface area (Å²) < 4.78 is 11.1. The van der Waals surface area contributed by atoms with Gasteiger partial charge in [0.1, 0.15) is 0 Å². The van der Waals surface area contributed by atoms with E-state index in [-0.39, 0.29) is 6.29 Å². The van der Waals surface area contributed by atoms with Gasteiger partial charge >= 0.3 is 0 Å². The molecule has 0 fully saturated rings.